The number of amides is 1. The number of nitrogens with zero attached hydrogens (tertiary/aromatic N) is 3. The Labute approximate surface area is 96.1 Å². The van der Waals surface area contributed by atoms with Crippen LogP contribution in [0.1, 0.15) is 27.5 Å². The van der Waals surface area contributed by atoms with Crippen molar-refractivity contribution in [3.63, 3.8) is 0 Å². The van der Waals surface area contributed by atoms with Crippen LogP contribution in [-0.2, 0) is 6.54 Å². The molecule has 0 saturated heterocycles. The largest absolute Gasteiger partial charge is 0.379 e. The van der Waals surface area contributed by atoms with Crippen LogP contribution < -0.4 is 11.1 Å². The number of nitrogen functional groups attached to an aromatic ring is 1. The van der Waals surface area contributed by atoms with Crippen LogP contribution in [-0.4, -0.2) is 21.4 Å². The standard InChI is InChI=1S/C9H11N5O3/c1-4-6(5(2)16-12-4)3-11-9(15)7-8(10)14-17-13-7/h3H2,1-2H3,(H2,10,14)(H,11,15). The SMILES string of the molecule is Cc1noc(C)c1CNC(=O)c1nonc1N. The van der Waals surface area contributed by atoms with Gasteiger partial charge in [0.1, 0.15) is 5.76 Å². The second-order valence-corrected chi connectivity index (χ2v) is 3.48. The van der Waals surface area contributed by atoms with Crippen molar-refractivity contribution in [2.75, 3.05) is 5.73 Å². The maximum atomic E-state index is 11.6. The zero-order valence-corrected chi connectivity index (χ0v) is 9.35. The Kier molecular flexibility index (Phi) is 2.77. The second kappa shape index (κ2) is 4.24. The summed E-state index contributed by atoms with van der Waals surface area (Å²) >= 11 is 0. The van der Waals surface area contributed by atoms with E-state index >= 15 is 0 Å². The van der Waals surface area contributed by atoms with E-state index in [0.717, 1.165) is 11.3 Å². The summed E-state index contributed by atoms with van der Waals surface area (Å²) in [4.78, 5) is 11.6. The van der Waals surface area contributed by atoms with E-state index in [1.54, 1.807) is 13.8 Å². The molecule has 0 aliphatic rings. The van der Waals surface area contributed by atoms with E-state index in [4.69, 9.17) is 10.3 Å². The van der Waals surface area contributed by atoms with Crippen molar-refractivity contribution in [2.45, 2.75) is 20.4 Å². The van der Waals surface area contributed by atoms with Crippen LogP contribution in [0.15, 0.2) is 9.15 Å². The van der Waals surface area contributed by atoms with Crippen molar-refractivity contribution in [2.24, 2.45) is 0 Å². The lowest BCUT2D eigenvalue weighted by molar-refractivity contribution is 0.0941. The van der Waals surface area contributed by atoms with Gasteiger partial charge in [-0.25, -0.2) is 4.63 Å². The van der Waals surface area contributed by atoms with Crippen LogP contribution >= 0.6 is 0 Å². The maximum Gasteiger partial charge on any atom is 0.277 e. The highest BCUT2D eigenvalue weighted by molar-refractivity contribution is 5.95. The average Bonchev–Trinajstić information content (AvgIpc) is 2.84. The molecule has 0 fully saturated rings. The Balaban J connectivity index is 2.05. The number of nitrogens with two attached hydrogens (primary N) is 1. The molecule has 2 aromatic heterocycles. The number of hydrogen-bond donors (Lipinski definition) is 2. The van der Waals surface area contributed by atoms with Gasteiger partial charge in [0.05, 0.1) is 5.69 Å². The Bertz CT molecular complexity index is 525. The van der Waals surface area contributed by atoms with Gasteiger partial charge in [-0.2, -0.15) is 0 Å². The van der Waals surface area contributed by atoms with Crippen molar-refractivity contribution in [1.82, 2.24) is 20.8 Å². The summed E-state index contributed by atoms with van der Waals surface area (Å²) in [5.74, 6) is 0.166. The number of carbonyl (C=O) groups is 1. The van der Waals surface area contributed by atoms with E-state index < -0.39 is 5.91 Å². The fourth-order valence-electron chi connectivity index (χ4n) is 1.36. The predicted molar refractivity (Wildman–Crippen MR) is 55.9 cm³/mol. The number of nitrogens with one attached hydrogen (secondary N) is 1. The van der Waals surface area contributed by atoms with Crippen LogP contribution in [0.2, 0.25) is 0 Å². The van der Waals surface area contributed by atoms with Gasteiger partial charge in [-0.15, -0.1) is 0 Å². The summed E-state index contributed by atoms with van der Waals surface area (Å²) in [5.41, 5.74) is 6.92. The first-order valence-electron chi connectivity index (χ1n) is 4.87. The molecular weight excluding hydrogens is 226 g/mol. The van der Waals surface area contributed by atoms with E-state index in [0.29, 0.717) is 5.76 Å². The van der Waals surface area contributed by atoms with Crippen LogP contribution in [0.4, 0.5) is 5.82 Å². The first-order chi connectivity index (χ1) is 8.09. The Morgan fingerprint density at radius 3 is 2.65 bits per heavy atom. The quantitative estimate of drug-likeness (QED) is 0.781. The zero-order valence-electron chi connectivity index (χ0n) is 9.35. The van der Waals surface area contributed by atoms with Crippen LogP contribution in [0.25, 0.3) is 0 Å². The van der Waals surface area contributed by atoms with E-state index in [9.17, 15) is 4.79 Å². The molecule has 0 bridgehead atoms. The minimum atomic E-state index is -0.455. The zero-order chi connectivity index (χ0) is 12.4. The predicted octanol–water partition coefficient (Wildman–Crippen LogP) is 0.187. The molecule has 0 radical (unpaired) electrons. The minimum Gasteiger partial charge on any atom is -0.379 e. The fourth-order valence-corrected chi connectivity index (χ4v) is 1.36. The normalized spacial score (nSPS) is 10.5. The van der Waals surface area contributed by atoms with Gasteiger partial charge < -0.3 is 15.6 Å². The molecule has 8 heteroatoms. The number of aryl methyl sites for hydroxylation is 2. The van der Waals surface area contributed by atoms with Crippen LogP contribution in [0.3, 0.4) is 0 Å². The van der Waals surface area contributed by atoms with Gasteiger partial charge >= 0.3 is 0 Å². The molecule has 0 aromatic carbocycles. The fraction of sp³-hybridized carbons (Fsp3) is 0.333. The van der Waals surface area contributed by atoms with Gasteiger partial charge in [0, 0.05) is 12.1 Å². The number of anilines is 1. The first kappa shape index (κ1) is 11.1. The molecule has 2 heterocycles. The minimum absolute atomic E-state index is 0.0308. The van der Waals surface area contributed by atoms with E-state index in [1.807, 2.05) is 0 Å². The highest BCUT2D eigenvalue weighted by atomic mass is 16.6. The Morgan fingerprint density at radius 1 is 1.35 bits per heavy atom. The van der Waals surface area contributed by atoms with Crippen molar-refractivity contribution in [3.05, 3.63) is 22.7 Å². The molecule has 0 aliphatic heterocycles. The van der Waals surface area contributed by atoms with Gasteiger partial charge in [-0.3, -0.25) is 4.79 Å². The molecule has 2 aromatic rings. The Morgan fingerprint density at radius 2 is 2.12 bits per heavy atom. The van der Waals surface area contributed by atoms with Gasteiger partial charge in [0.25, 0.3) is 5.91 Å². The molecule has 0 unspecified atom stereocenters. The molecule has 0 aliphatic carbocycles. The van der Waals surface area contributed by atoms with Gasteiger partial charge in [-0.1, -0.05) is 5.16 Å². The first-order valence-corrected chi connectivity index (χ1v) is 4.87. The molecule has 2 rings (SSSR count). The number of aromatic nitrogens is 3. The molecule has 8 nitrogen and oxygen atoms in total. The second-order valence-electron chi connectivity index (χ2n) is 3.48. The van der Waals surface area contributed by atoms with Gasteiger partial charge in [-0.05, 0) is 24.2 Å². The summed E-state index contributed by atoms with van der Waals surface area (Å²) < 4.78 is 9.30. The number of carbonyl (C=O) groups excluding carboxylic acids is 1. The summed E-state index contributed by atoms with van der Waals surface area (Å²) in [7, 11) is 0. The molecular formula is C9H11N5O3. The smallest absolute Gasteiger partial charge is 0.277 e. The summed E-state index contributed by atoms with van der Waals surface area (Å²) in [5, 5.41) is 13.1. The van der Waals surface area contributed by atoms with E-state index in [1.165, 1.54) is 0 Å². The highest BCUT2D eigenvalue weighted by Gasteiger charge is 2.17. The molecule has 17 heavy (non-hydrogen) atoms. The van der Waals surface area contributed by atoms with Crippen LogP contribution in [0, 0.1) is 13.8 Å². The molecule has 0 spiro atoms. The van der Waals surface area contributed by atoms with Crippen LogP contribution in [0.5, 0.6) is 0 Å². The monoisotopic (exact) mass is 237 g/mol. The number of hydrogen-bond acceptors (Lipinski definition) is 7. The van der Waals surface area contributed by atoms with E-state index in [2.05, 4.69) is 25.4 Å². The maximum absolute atomic E-state index is 11.6. The van der Waals surface area contributed by atoms with E-state index in [-0.39, 0.29) is 18.1 Å². The molecule has 1 amide bonds. The third-order valence-corrected chi connectivity index (χ3v) is 2.34. The molecule has 90 valence electrons. The highest BCUT2D eigenvalue weighted by Crippen LogP contribution is 2.12. The lowest BCUT2D eigenvalue weighted by atomic mass is 10.2. The van der Waals surface area contributed by atoms with Gasteiger partial charge in [0.2, 0.25) is 11.5 Å². The lowest BCUT2D eigenvalue weighted by Crippen LogP contribution is -2.24. The summed E-state index contributed by atoms with van der Waals surface area (Å²) in [6, 6.07) is 0. The average molecular weight is 237 g/mol. The van der Waals surface area contributed by atoms with Crippen molar-refractivity contribution in [3.8, 4) is 0 Å². The summed E-state index contributed by atoms with van der Waals surface area (Å²) in [6.07, 6.45) is 0. The van der Waals surface area contributed by atoms with Crippen molar-refractivity contribution in [1.29, 1.82) is 0 Å². The Hall–Kier alpha value is -2.38. The molecule has 0 saturated carbocycles. The van der Waals surface area contributed by atoms with Crippen molar-refractivity contribution < 1.29 is 13.9 Å². The van der Waals surface area contributed by atoms with Gasteiger partial charge in [0.15, 0.2) is 0 Å². The lowest BCUT2D eigenvalue weighted by Gasteiger charge is -2.01. The number of rotatable bonds is 3. The molecule has 0 atom stereocenters. The molecule has 3 N–H and O–H groups in total. The third kappa shape index (κ3) is 2.10. The third-order valence-electron chi connectivity index (χ3n) is 2.34. The van der Waals surface area contributed by atoms with Crippen molar-refractivity contribution >= 4 is 11.7 Å². The summed E-state index contributed by atoms with van der Waals surface area (Å²) in [6.45, 7) is 3.85. The topological polar surface area (TPSA) is 120 Å².